The molecule has 0 fully saturated rings. The Bertz CT molecular complexity index is 766. The average Bonchev–Trinajstić information content (AvgIpc) is 2.83. The van der Waals surface area contributed by atoms with E-state index < -0.39 is 0 Å². The van der Waals surface area contributed by atoms with Crippen molar-refractivity contribution < 1.29 is 0 Å². The monoisotopic (exact) mass is 303 g/mol. The Kier molecular flexibility index (Phi) is 4.38. The summed E-state index contributed by atoms with van der Waals surface area (Å²) in [7, 11) is 0. The highest BCUT2D eigenvalue weighted by Crippen LogP contribution is 2.40. The van der Waals surface area contributed by atoms with Crippen LogP contribution in [-0.4, -0.2) is 0 Å². The van der Waals surface area contributed by atoms with Crippen LogP contribution in [0.5, 0.6) is 0 Å². The highest BCUT2D eigenvalue weighted by Gasteiger charge is 2.20. The summed E-state index contributed by atoms with van der Waals surface area (Å²) < 4.78 is 0. The molecule has 0 aliphatic heterocycles. The predicted molar refractivity (Wildman–Crippen MR) is 101 cm³/mol. The van der Waals surface area contributed by atoms with Crippen LogP contribution in [0.4, 0.5) is 5.69 Å². The summed E-state index contributed by atoms with van der Waals surface area (Å²) in [5.74, 6) is 0. The predicted octanol–water partition coefficient (Wildman–Crippen LogP) is 6.37. The minimum absolute atomic E-state index is 0.273. The zero-order valence-corrected chi connectivity index (χ0v) is 14.5. The first-order valence-corrected chi connectivity index (χ1v) is 8.35. The van der Waals surface area contributed by atoms with E-state index >= 15 is 0 Å². The van der Waals surface area contributed by atoms with Gasteiger partial charge in [-0.3, -0.25) is 0 Å². The molecule has 3 rings (SSSR count). The lowest BCUT2D eigenvalue weighted by Gasteiger charge is -2.20. The fourth-order valence-electron chi connectivity index (χ4n) is 3.39. The molecule has 0 heterocycles. The van der Waals surface area contributed by atoms with E-state index in [0.717, 1.165) is 12.1 Å². The molecule has 1 unspecified atom stereocenters. The largest absolute Gasteiger partial charge is 0.378 e. The molecule has 0 spiro atoms. The molecule has 0 radical (unpaired) electrons. The van der Waals surface area contributed by atoms with Crippen molar-refractivity contribution in [2.45, 2.75) is 40.2 Å². The van der Waals surface area contributed by atoms with Crippen molar-refractivity contribution in [1.82, 2.24) is 0 Å². The smallest absolute Gasteiger partial charge is 0.0491 e. The number of rotatable bonds is 4. The third-order valence-corrected chi connectivity index (χ3v) is 5.01. The molecule has 1 heteroatoms. The third kappa shape index (κ3) is 3.10. The van der Waals surface area contributed by atoms with Crippen LogP contribution in [0, 0.1) is 0 Å². The van der Waals surface area contributed by atoms with Crippen LogP contribution in [-0.2, 0) is 0 Å². The van der Waals surface area contributed by atoms with Crippen LogP contribution >= 0.6 is 0 Å². The maximum absolute atomic E-state index is 3.62. The fraction of sp³-hybridized carbons (Fsp3) is 0.273. The van der Waals surface area contributed by atoms with Crippen molar-refractivity contribution in [3.8, 4) is 0 Å². The molecule has 1 nitrogen and oxygen atoms in total. The van der Waals surface area contributed by atoms with E-state index in [4.69, 9.17) is 0 Å². The van der Waals surface area contributed by atoms with E-state index in [1.54, 1.807) is 0 Å². The van der Waals surface area contributed by atoms with Crippen LogP contribution in [0.1, 0.15) is 51.3 Å². The number of allylic oxidation sites excluding steroid dienone is 4. The van der Waals surface area contributed by atoms with Gasteiger partial charge in [0.25, 0.3) is 0 Å². The van der Waals surface area contributed by atoms with E-state index in [9.17, 15) is 0 Å². The van der Waals surface area contributed by atoms with Crippen LogP contribution in [0.2, 0.25) is 0 Å². The van der Waals surface area contributed by atoms with Gasteiger partial charge in [0.2, 0.25) is 0 Å². The molecule has 0 saturated carbocycles. The quantitative estimate of drug-likeness (QED) is 0.691. The highest BCUT2D eigenvalue weighted by molar-refractivity contribution is 5.79. The fourth-order valence-corrected chi connectivity index (χ4v) is 3.39. The summed E-state index contributed by atoms with van der Waals surface area (Å²) in [6, 6.07) is 19.5. The second-order valence-corrected chi connectivity index (χ2v) is 6.50. The SMILES string of the molecule is CC1=C(C)C(C)=C(c2ccccc2C(C)Nc2ccccc2)C1. The van der Waals surface area contributed by atoms with Gasteiger partial charge in [-0.2, -0.15) is 0 Å². The summed E-state index contributed by atoms with van der Waals surface area (Å²) >= 11 is 0. The normalized spacial score (nSPS) is 16.0. The van der Waals surface area contributed by atoms with Gasteiger partial charge in [0, 0.05) is 11.7 Å². The maximum atomic E-state index is 3.62. The highest BCUT2D eigenvalue weighted by atomic mass is 14.9. The lowest BCUT2D eigenvalue weighted by molar-refractivity contribution is 0.879. The summed E-state index contributed by atoms with van der Waals surface area (Å²) in [6.07, 6.45) is 1.08. The number of benzene rings is 2. The van der Waals surface area contributed by atoms with Gasteiger partial charge in [0.1, 0.15) is 0 Å². The lowest BCUT2D eigenvalue weighted by Crippen LogP contribution is -2.09. The first kappa shape index (κ1) is 15.6. The minimum Gasteiger partial charge on any atom is -0.378 e. The van der Waals surface area contributed by atoms with Crippen LogP contribution in [0.3, 0.4) is 0 Å². The Morgan fingerprint density at radius 1 is 0.826 bits per heavy atom. The Balaban J connectivity index is 1.93. The Labute approximate surface area is 139 Å². The van der Waals surface area contributed by atoms with Gasteiger partial charge in [-0.1, -0.05) is 48.0 Å². The number of nitrogens with one attached hydrogen (secondary N) is 1. The second-order valence-electron chi connectivity index (χ2n) is 6.50. The summed E-state index contributed by atoms with van der Waals surface area (Å²) in [4.78, 5) is 0. The minimum atomic E-state index is 0.273. The molecule has 1 aliphatic rings. The molecule has 0 bridgehead atoms. The molecule has 23 heavy (non-hydrogen) atoms. The average molecular weight is 303 g/mol. The number of hydrogen-bond donors (Lipinski definition) is 1. The van der Waals surface area contributed by atoms with Crippen LogP contribution in [0.15, 0.2) is 71.3 Å². The maximum Gasteiger partial charge on any atom is 0.0491 e. The molecule has 1 N–H and O–H groups in total. The van der Waals surface area contributed by atoms with Crippen molar-refractivity contribution in [1.29, 1.82) is 0 Å². The van der Waals surface area contributed by atoms with E-state index in [-0.39, 0.29) is 6.04 Å². The van der Waals surface area contributed by atoms with Gasteiger partial charge in [0.15, 0.2) is 0 Å². The summed E-state index contributed by atoms with van der Waals surface area (Å²) in [5.41, 5.74) is 9.80. The molecular formula is C22H25N. The molecule has 0 saturated heterocycles. The van der Waals surface area contributed by atoms with Crippen molar-refractivity contribution in [2.75, 3.05) is 5.32 Å². The Hall–Kier alpha value is -2.28. The molecule has 0 aromatic heterocycles. The van der Waals surface area contributed by atoms with Gasteiger partial charge in [0.05, 0.1) is 0 Å². The molecule has 1 atom stereocenters. The van der Waals surface area contributed by atoms with Crippen molar-refractivity contribution >= 4 is 11.3 Å². The van der Waals surface area contributed by atoms with E-state index in [2.05, 4.69) is 81.5 Å². The van der Waals surface area contributed by atoms with Gasteiger partial charge in [-0.15, -0.1) is 0 Å². The third-order valence-electron chi connectivity index (χ3n) is 5.01. The molecule has 0 amide bonds. The summed E-state index contributed by atoms with van der Waals surface area (Å²) in [6.45, 7) is 8.99. The van der Waals surface area contributed by atoms with Crippen LogP contribution in [0.25, 0.3) is 5.57 Å². The first-order chi connectivity index (χ1) is 11.1. The molecule has 2 aromatic carbocycles. The van der Waals surface area contributed by atoms with E-state index in [1.807, 2.05) is 6.07 Å². The van der Waals surface area contributed by atoms with Gasteiger partial charge < -0.3 is 5.32 Å². The van der Waals surface area contributed by atoms with Crippen LogP contribution < -0.4 is 5.32 Å². The summed E-state index contributed by atoms with van der Waals surface area (Å²) in [5, 5.41) is 3.62. The molecule has 118 valence electrons. The number of para-hydroxylation sites is 1. The second kappa shape index (κ2) is 6.45. The number of hydrogen-bond acceptors (Lipinski definition) is 1. The van der Waals surface area contributed by atoms with Crippen molar-refractivity contribution in [2.24, 2.45) is 0 Å². The first-order valence-electron chi connectivity index (χ1n) is 8.35. The standard InChI is InChI=1S/C22H25N/c1-15-14-22(17(3)16(15)2)21-13-9-8-12-20(21)18(4)23-19-10-6-5-7-11-19/h5-13,18,23H,14H2,1-4H3. The Morgan fingerprint density at radius 2 is 1.48 bits per heavy atom. The molecule has 2 aromatic rings. The topological polar surface area (TPSA) is 12.0 Å². The number of anilines is 1. The Morgan fingerprint density at radius 3 is 2.13 bits per heavy atom. The van der Waals surface area contributed by atoms with Gasteiger partial charge >= 0.3 is 0 Å². The van der Waals surface area contributed by atoms with E-state index in [1.165, 1.54) is 33.4 Å². The van der Waals surface area contributed by atoms with E-state index in [0.29, 0.717) is 0 Å². The molecular weight excluding hydrogens is 278 g/mol. The van der Waals surface area contributed by atoms with Crippen molar-refractivity contribution in [3.63, 3.8) is 0 Å². The van der Waals surface area contributed by atoms with Gasteiger partial charge in [-0.05, 0) is 74.1 Å². The van der Waals surface area contributed by atoms with Gasteiger partial charge in [-0.25, -0.2) is 0 Å². The zero-order valence-electron chi connectivity index (χ0n) is 14.5. The lowest BCUT2D eigenvalue weighted by atomic mass is 9.92. The van der Waals surface area contributed by atoms with Crippen molar-refractivity contribution in [3.05, 3.63) is 82.4 Å². The zero-order chi connectivity index (χ0) is 16.4. The molecule has 1 aliphatic carbocycles.